The van der Waals surface area contributed by atoms with E-state index in [1.54, 1.807) is 0 Å². The number of anilines is 1. The molecule has 1 fully saturated rings. The molecule has 0 radical (unpaired) electrons. The summed E-state index contributed by atoms with van der Waals surface area (Å²) >= 11 is 1.31. The first-order valence-electron chi connectivity index (χ1n) is 9.31. The predicted molar refractivity (Wildman–Crippen MR) is 105 cm³/mol. The van der Waals surface area contributed by atoms with Gasteiger partial charge in [0.1, 0.15) is 17.4 Å². The van der Waals surface area contributed by atoms with Crippen LogP contribution in [0.3, 0.4) is 0 Å². The molecule has 8 nitrogen and oxygen atoms in total. The van der Waals surface area contributed by atoms with Crippen molar-refractivity contribution < 1.29 is 19.1 Å². The first-order valence-corrected chi connectivity index (χ1v) is 10.1. The van der Waals surface area contributed by atoms with Crippen molar-refractivity contribution in [3.63, 3.8) is 0 Å². The third-order valence-electron chi connectivity index (χ3n) is 4.34. The van der Waals surface area contributed by atoms with Crippen LogP contribution in [0.25, 0.3) is 0 Å². The van der Waals surface area contributed by atoms with Gasteiger partial charge in [0.15, 0.2) is 0 Å². The molecule has 150 valence electrons. The van der Waals surface area contributed by atoms with E-state index in [0.717, 1.165) is 11.3 Å². The molecule has 0 aliphatic carbocycles. The number of rotatable bonds is 9. The van der Waals surface area contributed by atoms with Gasteiger partial charge in [0, 0.05) is 31.7 Å². The topological polar surface area (TPSA) is 93.7 Å². The molecule has 1 N–H and O–H groups in total. The lowest BCUT2D eigenvalue weighted by molar-refractivity contribution is -0.126. The fourth-order valence-electron chi connectivity index (χ4n) is 2.94. The first kappa shape index (κ1) is 20.2. The molecule has 1 saturated heterocycles. The summed E-state index contributed by atoms with van der Waals surface area (Å²) in [6, 6.07) is 7.59. The smallest absolute Gasteiger partial charge is 0.229 e. The number of nitrogens with zero attached hydrogens (tertiary/aromatic N) is 3. The second-order valence-electron chi connectivity index (χ2n) is 6.28. The maximum absolute atomic E-state index is 12.6. The summed E-state index contributed by atoms with van der Waals surface area (Å²) in [5.74, 6) is 0.0753. The Kier molecular flexibility index (Phi) is 6.94. The Morgan fingerprint density at radius 3 is 2.89 bits per heavy atom. The maximum atomic E-state index is 12.6. The number of amides is 2. The number of ether oxygens (including phenoxy) is 2. The van der Waals surface area contributed by atoms with E-state index in [9.17, 15) is 9.59 Å². The highest BCUT2D eigenvalue weighted by molar-refractivity contribution is 7.15. The lowest BCUT2D eigenvalue weighted by atomic mass is 10.1. The van der Waals surface area contributed by atoms with Gasteiger partial charge >= 0.3 is 0 Å². The molecule has 0 spiro atoms. The molecule has 0 bridgehead atoms. The zero-order valence-corrected chi connectivity index (χ0v) is 16.8. The standard InChI is InChI=1S/C19H24N4O4S/c1-3-26-12-16-21-22-19(28-16)23-11-14(9-17(23)24)18(25)20-10-13-7-5-6-8-15(13)27-4-2/h5-8,14H,3-4,9-12H2,1-2H3,(H,20,25). The quantitative estimate of drug-likeness (QED) is 0.688. The number of benzene rings is 1. The Labute approximate surface area is 167 Å². The van der Waals surface area contributed by atoms with Crippen LogP contribution >= 0.6 is 11.3 Å². The molecule has 28 heavy (non-hydrogen) atoms. The monoisotopic (exact) mass is 404 g/mol. The Morgan fingerprint density at radius 2 is 2.11 bits per heavy atom. The molecule has 1 aliphatic heterocycles. The van der Waals surface area contributed by atoms with Gasteiger partial charge in [-0.2, -0.15) is 0 Å². The Bertz CT molecular complexity index is 826. The Hall–Kier alpha value is -2.52. The molecule has 1 aromatic heterocycles. The van der Waals surface area contributed by atoms with Crippen LogP contribution in [-0.4, -0.2) is 41.8 Å². The van der Waals surface area contributed by atoms with Crippen LogP contribution in [0.5, 0.6) is 5.75 Å². The van der Waals surface area contributed by atoms with Crippen molar-refractivity contribution in [2.45, 2.75) is 33.4 Å². The summed E-state index contributed by atoms with van der Waals surface area (Å²) in [5, 5.41) is 12.2. The lowest BCUT2D eigenvalue weighted by Crippen LogP contribution is -2.32. The molecule has 1 aliphatic rings. The van der Waals surface area contributed by atoms with Crippen molar-refractivity contribution in [1.29, 1.82) is 0 Å². The fraction of sp³-hybridized carbons (Fsp3) is 0.474. The third kappa shape index (κ3) is 4.85. The summed E-state index contributed by atoms with van der Waals surface area (Å²) in [4.78, 5) is 26.5. The van der Waals surface area contributed by atoms with E-state index in [0.29, 0.717) is 43.0 Å². The van der Waals surface area contributed by atoms with Crippen LogP contribution in [0.2, 0.25) is 0 Å². The number of nitrogens with one attached hydrogen (secondary N) is 1. The summed E-state index contributed by atoms with van der Waals surface area (Å²) in [7, 11) is 0. The average Bonchev–Trinajstić information content (AvgIpc) is 3.32. The van der Waals surface area contributed by atoms with E-state index >= 15 is 0 Å². The minimum atomic E-state index is -0.411. The van der Waals surface area contributed by atoms with Gasteiger partial charge in [-0.1, -0.05) is 29.5 Å². The normalized spacial score (nSPS) is 16.4. The van der Waals surface area contributed by atoms with Crippen LogP contribution in [-0.2, 0) is 27.5 Å². The Morgan fingerprint density at radius 1 is 1.29 bits per heavy atom. The molecule has 2 aromatic rings. The van der Waals surface area contributed by atoms with Gasteiger partial charge in [-0.15, -0.1) is 10.2 Å². The van der Waals surface area contributed by atoms with Gasteiger partial charge < -0.3 is 14.8 Å². The van der Waals surface area contributed by atoms with Gasteiger partial charge in [-0.25, -0.2) is 0 Å². The summed E-state index contributed by atoms with van der Waals surface area (Å²) in [5.41, 5.74) is 0.906. The van der Waals surface area contributed by atoms with E-state index in [1.807, 2.05) is 38.1 Å². The van der Waals surface area contributed by atoms with Gasteiger partial charge in [0.05, 0.1) is 12.5 Å². The Balaban J connectivity index is 1.57. The highest BCUT2D eigenvalue weighted by atomic mass is 32.1. The molecule has 2 heterocycles. The van der Waals surface area contributed by atoms with Crippen molar-refractivity contribution in [3.05, 3.63) is 34.8 Å². The number of carbonyl (C=O) groups is 2. The molecule has 0 saturated carbocycles. The molecule has 2 amide bonds. The van der Waals surface area contributed by atoms with Crippen molar-refractivity contribution >= 4 is 28.3 Å². The number of carbonyl (C=O) groups excluding carboxylic acids is 2. The zero-order valence-electron chi connectivity index (χ0n) is 16.0. The van der Waals surface area contributed by atoms with Gasteiger partial charge in [0.25, 0.3) is 0 Å². The molecular formula is C19H24N4O4S. The predicted octanol–water partition coefficient (Wildman–Crippen LogP) is 2.14. The number of para-hydroxylation sites is 1. The van der Waals surface area contributed by atoms with Crippen LogP contribution in [0, 0.1) is 5.92 Å². The third-order valence-corrected chi connectivity index (χ3v) is 5.26. The van der Waals surface area contributed by atoms with Gasteiger partial charge in [-0.05, 0) is 19.9 Å². The largest absolute Gasteiger partial charge is 0.494 e. The van der Waals surface area contributed by atoms with Crippen molar-refractivity contribution in [2.24, 2.45) is 5.92 Å². The molecule has 9 heteroatoms. The summed E-state index contributed by atoms with van der Waals surface area (Å²) in [6.07, 6.45) is 0.166. The second-order valence-corrected chi connectivity index (χ2v) is 7.32. The van der Waals surface area contributed by atoms with Crippen LogP contribution < -0.4 is 15.0 Å². The second kappa shape index (κ2) is 9.61. The SMILES string of the molecule is CCOCc1nnc(N2CC(C(=O)NCc3ccccc3OCC)CC2=O)s1. The van der Waals surface area contributed by atoms with E-state index in [1.165, 1.54) is 16.2 Å². The molecule has 1 unspecified atom stereocenters. The maximum Gasteiger partial charge on any atom is 0.229 e. The highest BCUT2D eigenvalue weighted by Gasteiger charge is 2.36. The van der Waals surface area contributed by atoms with Crippen molar-refractivity contribution in [1.82, 2.24) is 15.5 Å². The zero-order chi connectivity index (χ0) is 19.9. The van der Waals surface area contributed by atoms with E-state index < -0.39 is 5.92 Å². The number of hydrogen-bond donors (Lipinski definition) is 1. The number of hydrogen-bond acceptors (Lipinski definition) is 7. The molecule has 1 atom stereocenters. The van der Waals surface area contributed by atoms with E-state index in [4.69, 9.17) is 9.47 Å². The highest BCUT2D eigenvalue weighted by Crippen LogP contribution is 2.28. The molecule has 1 aromatic carbocycles. The summed E-state index contributed by atoms with van der Waals surface area (Å²) < 4.78 is 10.9. The van der Waals surface area contributed by atoms with Crippen LogP contribution in [0.4, 0.5) is 5.13 Å². The van der Waals surface area contributed by atoms with E-state index in [2.05, 4.69) is 15.5 Å². The number of aromatic nitrogens is 2. The van der Waals surface area contributed by atoms with Crippen LogP contribution in [0.15, 0.2) is 24.3 Å². The summed E-state index contributed by atoms with van der Waals surface area (Å²) in [6.45, 7) is 6.01. The molecule has 3 rings (SSSR count). The molecular weight excluding hydrogens is 380 g/mol. The van der Waals surface area contributed by atoms with Crippen molar-refractivity contribution in [2.75, 3.05) is 24.7 Å². The van der Waals surface area contributed by atoms with Crippen molar-refractivity contribution in [3.8, 4) is 5.75 Å². The fourth-order valence-corrected chi connectivity index (χ4v) is 3.75. The van der Waals surface area contributed by atoms with Crippen LogP contribution in [0.1, 0.15) is 30.8 Å². The lowest BCUT2D eigenvalue weighted by Gasteiger charge is -2.14. The minimum absolute atomic E-state index is 0.117. The van der Waals surface area contributed by atoms with Gasteiger partial charge in [-0.3, -0.25) is 14.5 Å². The van der Waals surface area contributed by atoms with Gasteiger partial charge in [0.2, 0.25) is 16.9 Å². The average molecular weight is 404 g/mol. The minimum Gasteiger partial charge on any atom is -0.494 e. The first-order chi connectivity index (χ1) is 13.6. The van der Waals surface area contributed by atoms with E-state index in [-0.39, 0.29) is 18.2 Å².